The average molecular weight is 331 g/mol. The third kappa shape index (κ3) is 4.47. The van der Waals surface area contributed by atoms with Crippen molar-refractivity contribution in [2.45, 2.75) is 43.9 Å². The molecule has 1 amide bonds. The number of halogens is 4. The second-order valence-corrected chi connectivity index (χ2v) is 5.85. The number of nitrogens with zero attached hydrogens (tertiary/aromatic N) is 1. The van der Waals surface area contributed by atoms with Crippen LogP contribution in [0.3, 0.4) is 0 Å². The van der Waals surface area contributed by atoms with Crippen molar-refractivity contribution in [2.24, 2.45) is 5.92 Å². The highest BCUT2D eigenvalue weighted by Crippen LogP contribution is 2.37. The van der Waals surface area contributed by atoms with E-state index in [0.29, 0.717) is 18.9 Å². The molecule has 2 saturated heterocycles. The molecule has 8 heteroatoms. The summed E-state index contributed by atoms with van der Waals surface area (Å²) in [7, 11) is 0. The number of hydrogen-bond donors (Lipinski definition) is 2. The summed E-state index contributed by atoms with van der Waals surface area (Å²) in [6.45, 7) is 1.49. The Morgan fingerprint density at radius 1 is 1.43 bits per heavy atom. The molecule has 4 nitrogen and oxygen atoms in total. The highest BCUT2D eigenvalue weighted by Gasteiger charge is 2.55. The van der Waals surface area contributed by atoms with Gasteiger partial charge in [0.15, 0.2) is 5.60 Å². The molecule has 2 aliphatic rings. The van der Waals surface area contributed by atoms with Crippen LogP contribution in [0.1, 0.15) is 32.1 Å². The van der Waals surface area contributed by atoms with E-state index in [4.69, 9.17) is 0 Å². The highest BCUT2D eigenvalue weighted by molar-refractivity contribution is 5.85. The van der Waals surface area contributed by atoms with E-state index in [1.807, 2.05) is 0 Å². The molecular formula is C13H22ClF3N2O2. The minimum Gasteiger partial charge on any atom is -0.379 e. The number of alkyl halides is 3. The molecule has 2 heterocycles. The maximum atomic E-state index is 12.8. The molecule has 2 fully saturated rings. The molecule has 0 aromatic heterocycles. The van der Waals surface area contributed by atoms with Gasteiger partial charge in [0.2, 0.25) is 5.91 Å². The van der Waals surface area contributed by atoms with Crippen LogP contribution in [0.2, 0.25) is 0 Å². The van der Waals surface area contributed by atoms with Crippen molar-refractivity contribution >= 4 is 18.3 Å². The van der Waals surface area contributed by atoms with Gasteiger partial charge in [-0.3, -0.25) is 4.79 Å². The van der Waals surface area contributed by atoms with Crippen LogP contribution >= 0.6 is 12.4 Å². The molecule has 0 spiro atoms. The molecule has 124 valence electrons. The quantitative estimate of drug-likeness (QED) is 0.828. The number of hydrogen-bond acceptors (Lipinski definition) is 3. The van der Waals surface area contributed by atoms with Crippen molar-refractivity contribution in [2.75, 3.05) is 26.2 Å². The molecular weight excluding hydrogens is 309 g/mol. The zero-order valence-corrected chi connectivity index (χ0v) is 12.6. The predicted molar refractivity (Wildman–Crippen MR) is 74.3 cm³/mol. The van der Waals surface area contributed by atoms with Crippen molar-refractivity contribution in [1.82, 2.24) is 10.2 Å². The van der Waals surface area contributed by atoms with Crippen molar-refractivity contribution in [1.29, 1.82) is 0 Å². The third-order valence-corrected chi connectivity index (χ3v) is 4.28. The Morgan fingerprint density at radius 2 is 2.14 bits per heavy atom. The van der Waals surface area contributed by atoms with Crippen LogP contribution in [0.25, 0.3) is 0 Å². The largest absolute Gasteiger partial charge is 0.418 e. The Hall–Kier alpha value is -0.530. The first-order valence-corrected chi connectivity index (χ1v) is 7.09. The van der Waals surface area contributed by atoms with Crippen LogP contribution in [-0.4, -0.2) is 53.9 Å². The first kappa shape index (κ1) is 18.5. The van der Waals surface area contributed by atoms with Crippen LogP contribution in [0.5, 0.6) is 0 Å². The molecule has 0 radical (unpaired) electrons. The summed E-state index contributed by atoms with van der Waals surface area (Å²) >= 11 is 0. The third-order valence-electron chi connectivity index (χ3n) is 4.28. The normalized spacial score (nSPS) is 30.1. The van der Waals surface area contributed by atoms with Crippen molar-refractivity contribution < 1.29 is 23.1 Å². The lowest BCUT2D eigenvalue weighted by Crippen LogP contribution is -2.58. The molecule has 21 heavy (non-hydrogen) atoms. The number of amides is 1. The molecule has 2 aliphatic heterocycles. The fourth-order valence-electron chi connectivity index (χ4n) is 2.93. The van der Waals surface area contributed by atoms with Gasteiger partial charge in [0, 0.05) is 13.0 Å². The number of nitrogens with one attached hydrogen (secondary N) is 1. The number of likely N-dealkylation sites (tertiary alicyclic amines) is 1. The van der Waals surface area contributed by atoms with Gasteiger partial charge in [-0.1, -0.05) is 0 Å². The molecule has 2 atom stereocenters. The van der Waals surface area contributed by atoms with Crippen LogP contribution in [0, 0.1) is 5.92 Å². The highest BCUT2D eigenvalue weighted by atomic mass is 35.5. The molecule has 2 unspecified atom stereocenters. The second-order valence-electron chi connectivity index (χ2n) is 5.85. The summed E-state index contributed by atoms with van der Waals surface area (Å²) < 4.78 is 38.4. The molecule has 0 aliphatic carbocycles. The number of carbonyl (C=O) groups excluding carboxylic acids is 1. The topological polar surface area (TPSA) is 52.6 Å². The molecule has 2 N–H and O–H groups in total. The Kier molecular flexibility index (Phi) is 6.31. The van der Waals surface area contributed by atoms with Crippen LogP contribution in [0.15, 0.2) is 0 Å². The Morgan fingerprint density at radius 3 is 2.71 bits per heavy atom. The van der Waals surface area contributed by atoms with Crippen molar-refractivity contribution in [3.8, 4) is 0 Å². The summed E-state index contributed by atoms with van der Waals surface area (Å²) in [5, 5.41) is 12.9. The average Bonchev–Trinajstić information content (AvgIpc) is 2.88. The standard InChI is InChI=1S/C13H21F3N2O2.ClH/c14-13(15,16)12(20)5-1-7-18(9-12)11(19)3-2-10-4-6-17-8-10;/h10,17,20H,1-9H2;1H. The van der Waals surface area contributed by atoms with Gasteiger partial charge in [0.25, 0.3) is 0 Å². The van der Waals surface area contributed by atoms with Crippen LogP contribution in [-0.2, 0) is 4.79 Å². The summed E-state index contributed by atoms with van der Waals surface area (Å²) in [6.07, 6.45) is -2.84. The van der Waals surface area contributed by atoms with Gasteiger partial charge in [0.1, 0.15) is 0 Å². The number of piperidine rings is 1. The number of carbonyl (C=O) groups is 1. The van der Waals surface area contributed by atoms with E-state index >= 15 is 0 Å². The summed E-state index contributed by atoms with van der Waals surface area (Å²) in [6, 6.07) is 0. The first-order valence-electron chi connectivity index (χ1n) is 7.09. The Labute approximate surface area is 128 Å². The van der Waals surface area contributed by atoms with Gasteiger partial charge >= 0.3 is 6.18 Å². The lowest BCUT2D eigenvalue weighted by Gasteiger charge is -2.40. The molecule has 0 aromatic carbocycles. The summed E-state index contributed by atoms with van der Waals surface area (Å²) in [4.78, 5) is 13.2. The van der Waals surface area contributed by atoms with Crippen LogP contribution < -0.4 is 5.32 Å². The molecule has 2 rings (SSSR count). The SMILES string of the molecule is Cl.O=C(CCC1CCNC1)N1CCCC(O)(C(F)(F)F)C1. The van der Waals surface area contributed by atoms with E-state index in [-0.39, 0.29) is 37.6 Å². The smallest absolute Gasteiger partial charge is 0.379 e. The Balaban J connectivity index is 0.00000220. The molecule has 0 aromatic rings. The fraction of sp³-hybridized carbons (Fsp3) is 0.923. The maximum Gasteiger partial charge on any atom is 0.418 e. The van der Waals surface area contributed by atoms with Crippen molar-refractivity contribution in [3.63, 3.8) is 0 Å². The molecule has 0 bridgehead atoms. The zero-order valence-electron chi connectivity index (χ0n) is 11.8. The van der Waals surface area contributed by atoms with Gasteiger partial charge in [-0.2, -0.15) is 13.2 Å². The van der Waals surface area contributed by atoms with Gasteiger partial charge in [0.05, 0.1) is 6.54 Å². The zero-order chi connectivity index (χ0) is 14.8. The van der Waals surface area contributed by atoms with E-state index < -0.39 is 18.3 Å². The van der Waals surface area contributed by atoms with E-state index in [0.717, 1.165) is 19.5 Å². The number of β-amino-alcohol motifs (C(OH)–C–C–N with tert-alkyl or cyclic N) is 1. The maximum absolute atomic E-state index is 12.8. The van der Waals surface area contributed by atoms with E-state index in [2.05, 4.69) is 5.32 Å². The van der Waals surface area contributed by atoms with Crippen LogP contribution in [0.4, 0.5) is 13.2 Å². The minimum absolute atomic E-state index is 0. The van der Waals surface area contributed by atoms with Gasteiger partial charge in [-0.15, -0.1) is 12.4 Å². The lowest BCUT2D eigenvalue weighted by molar-refractivity contribution is -0.272. The Bertz CT molecular complexity index is 362. The van der Waals surface area contributed by atoms with Gasteiger partial charge < -0.3 is 15.3 Å². The van der Waals surface area contributed by atoms with Gasteiger partial charge in [-0.05, 0) is 44.7 Å². The monoisotopic (exact) mass is 330 g/mol. The summed E-state index contributed by atoms with van der Waals surface area (Å²) in [5.41, 5.74) is -2.74. The number of aliphatic hydroxyl groups is 1. The predicted octanol–water partition coefficient (Wildman–Crippen LogP) is 1.71. The minimum atomic E-state index is -4.68. The second kappa shape index (κ2) is 7.15. The fourth-order valence-corrected chi connectivity index (χ4v) is 2.93. The van der Waals surface area contributed by atoms with Gasteiger partial charge in [-0.25, -0.2) is 0 Å². The van der Waals surface area contributed by atoms with E-state index in [9.17, 15) is 23.1 Å². The summed E-state index contributed by atoms with van der Waals surface area (Å²) in [5.74, 6) is 0.157. The molecule has 0 saturated carbocycles. The van der Waals surface area contributed by atoms with E-state index in [1.54, 1.807) is 0 Å². The first-order chi connectivity index (χ1) is 9.32. The van der Waals surface area contributed by atoms with E-state index in [1.165, 1.54) is 4.90 Å². The lowest BCUT2D eigenvalue weighted by atomic mass is 9.91. The van der Waals surface area contributed by atoms with Crippen molar-refractivity contribution in [3.05, 3.63) is 0 Å². The number of rotatable bonds is 3.